The number of amides is 1. The second kappa shape index (κ2) is 7.79. The zero-order valence-corrected chi connectivity index (χ0v) is 15.7. The Bertz CT molecular complexity index is 900. The maximum Gasteiger partial charge on any atom is 0.251 e. The molecule has 0 unspecified atom stereocenters. The average Bonchev–Trinajstić information content (AvgIpc) is 3.11. The zero-order valence-electron chi connectivity index (χ0n) is 15.7. The van der Waals surface area contributed by atoms with Gasteiger partial charge in [0.15, 0.2) is 0 Å². The summed E-state index contributed by atoms with van der Waals surface area (Å²) in [5, 5.41) is 3.18. The monoisotopic (exact) mass is 355 g/mol. The fourth-order valence-corrected chi connectivity index (χ4v) is 3.90. The van der Waals surface area contributed by atoms with E-state index < -0.39 is 0 Å². The van der Waals surface area contributed by atoms with Gasteiger partial charge < -0.3 is 5.32 Å². The molecule has 0 aromatic heterocycles. The highest BCUT2D eigenvalue weighted by Crippen LogP contribution is 2.23. The lowest BCUT2D eigenvalue weighted by Gasteiger charge is -2.12. The van der Waals surface area contributed by atoms with Crippen molar-refractivity contribution in [3.63, 3.8) is 0 Å². The molecule has 0 heterocycles. The van der Waals surface area contributed by atoms with Gasteiger partial charge in [0.2, 0.25) is 0 Å². The lowest BCUT2D eigenvalue weighted by Crippen LogP contribution is -2.35. The van der Waals surface area contributed by atoms with E-state index in [4.69, 9.17) is 0 Å². The molecule has 0 spiro atoms. The van der Waals surface area contributed by atoms with Gasteiger partial charge >= 0.3 is 0 Å². The summed E-state index contributed by atoms with van der Waals surface area (Å²) >= 11 is 0. The minimum Gasteiger partial charge on any atom is -0.349 e. The molecule has 27 heavy (non-hydrogen) atoms. The van der Waals surface area contributed by atoms with Gasteiger partial charge in [-0.25, -0.2) is 0 Å². The molecule has 1 amide bonds. The molecule has 0 radical (unpaired) electrons. The molecule has 0 aliphatic heterocycles. The average molecular weight is 355 g/mol. The quantitative estimate of drug-likeness (QED) is 0.669. The van der Waals surface area contributed by atoms with Gasteiger partial charge in [-0.1, -0.05) is 74.0 Å². The summed E-state index contributed by atoms with van der Waals surface area (Å²) in [5.74, 6) is 0.0117. The fourth-order valence-electron chi connectivity index (χ4n) is 3.90. The number of rotatable bonds is 5. The van der Waals surface area contributed by atoms with Crippen LogP contribution in [0.25, 0.3) is 11.1 Å². The van der Waals surface area contributed by atoms with E-state index >= 15 is 0 Å². The van der Waals surface area contributed by atoms with Crippen LogP contribution in [0, 0.1) is 0 Å². The Morgan fingerprint density at radius 2 is 1.41 bits per heavy atom. The number of fused-ring (bicyclic) bond motifs is 1. The van der Waals surface area contributed by atoms with Crippen molar-refractivity contribution in [1.29, 1.82) is 0 Å². The Morgan fingerprint density at radius 3 is 1.96 bits per heavy atom. The van der Waals surface area contributed by atoms with E-state index in [2.05, 4.69) is 60.8 Å². The van der Waals surface area contributed by atoms with Crippen LogP contribution < -0.4 is 5.32 Å². The van der Waals surface area contributed by atoms with Crippen LogP contribution in [0.5, 0.6) is 0 Å². The SMILES string of the molecule is CCCc1ccc(-c2ccc(C(=O)NC3Cc4ccccc4C3)cc2)cc1. The van der Waals surface area contributed by atoms with Crippen LogP contribution in [0.3, 0.4) is 0 Å². The third kappa shape index (κ3) is 3.95. The second-order valence-electron chi connectivity index (χ2n) is 7.37. The maximum absolute atomic E-state index is 12.6. The summed E-state index contributed by atoms with van der Waals surface area (Å²) < 4.78 is 0. The number of benzene rings is 3. The highest BCUT2D eigenvalue weighted by Gasteiger charge is 2.22. The van der Waals surface area contributed by atoms with Crippen molar-refractivity contribution in [3.05, 3.63) is 95.1 Å². The van der Waals surface area contributed by atoms with Gasteiger partial charge in [-0.2, -0.15) is 0 Å². The summed E-state index contributed by atoms with van der Waals surface area (Å²) in [6.07, 6.45) is 4.12. The maximum atomic E-state index is 12.6. The molecular formula is C25H25NO. The molecule has 3 aromatic rings. The standard InChI is InChI=1S/C25H25NO/c1-2-5-18-8-10-19(11-9-18)20-12-14-21(15-13-20)25(27)26-24-16-22-6-3-4-7-23(22)17-24/h3-4,6-15,24H,2,5,16-17H2,1H3,(H,26,27). The Morgan fingerprint density at radius 1 is 0.852 bits per heavy atom. The molecule has 0 saturated heterocycles. The number of hydrogen-bond acceptors (Lipinski definition) is 1. The summed E-state index contributed by atoms with van der Waals surface area (Å²) in [7, 11) is 0. The largest absolute Gasteiger partial charge is 0.349 e. The van der Waals surface area contributed by atoms with Crippen molar-refractivity contribution in [3.8, 4) is 11.1 Å². The van der Waals surface area contributed by atoms with Gasteiger partial charge in [-0.3, -0.25) is 4.79 Å². The molecule has 4 rings (SSSR count). The van der Waals surface area contributed by atoms with Crippen LogP contribution in [0.1, 0.15) is 40.4 Å². The lowest BCUT2D eigenvalue weighted by atomic mass is 10.0. The van der Waals surface area contributed by atoms with Gasteiger partial charge in [0.1, 0.15) is 0 Å². The van der Waals surface area contributed by atoms with E-state index in [9.17, 15) is 4.79 Å². The first-order valence-electron chi connectivity index (χ1n) is 9.80. The normalized spacial score (nSPS) is 13.4. The van der Waals surface area contributed by atoms with Gasteiger partial charge in [0.05, 0.1) is 0 Å². The summed E-state index contributed by atoms with van der Waals surface area (Å²) in [5.41, 5.74) is 7.12. The van der Waals surface area contributed by atoms with Crippen molar-refractivity contribution in [2.45, 2.75) is 38.6 Å². The van der Waals surface area contributed by atoms with Crippen molar-refractivity contribution in [2.75, 3.05) is 0 Å². The summed E-state index contributed by atoms with van der Waals surface area (Å²) in [6, 6.07) is 25.3. The molecule has 1 aliphatic carbocycles. The molecule has 0 bridgehead atoms. The van der Waals surface area contributed by atoms with Gasteiger partial charge in [0.25, 0.3) is 5.91 Å². The molecular weight excluding hydrogens is 330 g/mol. The Hall–Kier alpha value is -2.87. The topological polar surface area (TPSA) is 29.1 Å². The summed E-state index contributed by atoms with van der Waals surface area (Å²) in [4.78, 5) is 12.6. The van der Waals surface area contributed by atoms with Crippen molar-refractivity contribution in [1.82, 2.24) is 5.32 Å². The van der Waals surface area contributed by atoms with Gasteiger partial charge in [-0.05, 0) is 59.2 Å². The highest BCUT2D eigenvalue weighted by atomic mass is 16.1. The van der Waals surface area contributed by atoms with Crippen LogP contribution in [-0.4, -0.2) is 11.9 Å². The van der Waals surface area contributed by atoms with E-state index in [1.807, 2.05) is 24.3 Å². The Labute approximate surface area is 161 Å². The smallest absolute Gasteiger partial charge is 0.251 e. The lowest BCUT2D eigenvalue weighted by molar-refractivity contribution is 0.0938. The molecule has 2 nitrogen and oxygen atoms in total. The second-order valence-corrected chi connectivity index (χ2v) is 7.37. The zero-order chi connectivity index (χ0) is 18.6. The van der Waals surface area contributed by atoms with E-state index in [-0.39, 0.29) is 11.9 Å². The molecule has 0 fully saturated rings. The van der Waals surface area contributed by atoms with Crippen LogP contribution in [0.2, 0.25) is 0 Å². The number of carbonyl (C=O) groups excluding carboxylic acids is 1. The van der Waals surface area contributed by atoms with Crippen molar-refractivity contribution in [2.24, 2.45) is 0 Å². The third-order valence-electron chi connectivity index (χ3n) is 5.36. The third-order valence-corrected chi connectivity index (χ3v) is 5.36. The first-order valence-corrected chi connectivity index (χ1v) is 9.80. The van der Waals surface area contributed by atoms with E-state index in [0.29, 0.717) is 0 Å². The van der Waals surface area contributed by atoms with E-state index in [1.165, 1.54) is 22.3 Å². The van der Waals surface area contributed by atoms with Crippen LogP contribution in [-0.2, 0) is 19.3 Å². The van der Waals surface area contributed by atoms with Crippen molar-refractivity contribution < 1.29 is 4.79 Å². The van der Waals surface area contributed by atoms with E-state index in [0.717, 1.165) is 36.8 Å². The highest BCUT2D eigenvalue weighted by molar-refractivity contribution is 5.95. The van der Waals surface area contributed by atoms with Crippen LogP contribution in [0.4, 0.5) is 0 Å². The van der Waals surface area contributed by atoms with E-state index in [1.54, 1.807) is 0 Å². The molecule has 0 saturated carbocycles. The van der Waals surface area contributed by atoms with Crippen molar-refractivity contribution >= 4 is 5.91 Å². The van der Waals surface area contributed by atoms with Crippen LogP contribution >= 0.6 is 0 Å². The van der Waals surface area contributed by atoms with Gasteiger partial charge in [0, 0.05) is 11.6 Å². The predicted octanol–water partition coefficient (Wildman–Crippen LogP) is 5.20. The first kappa shape index (κ1) is 17.5. The summed E-state index contributed by atoms with van der Waals surface area (Å²) in [6.45, 7) is 2.20. The Kier molecular flexibility index (Phi) is 5.06. The Balaban J connectivity index is 1.41. The molecule has 1 aliphatic rings. The molecule has 3 aromatic carbocycles. The first-order chi connectivity index (χ1) is 13.2. The predicted molar refractivity (Wildman–Crippen MR) is 111 cm³/mol. The molecule has 0 atom stereocenters. The van der Waals surface area contributed by atoms with Gasteiger partial charge in [-0.15, -0.1) is 0 Å². The molecule has 2 heteroatoms. The fraction of sp³-hybridized carbons (Fsp3) is 0.240. The minimum absolute atomic E-state index is 0.0117. The number of aryl methyl sites for hydroxylation is 1. The number of carbonyl (C=O) groups is 1. The molecule has 136 valence electrons. The molecule has 1 N–H and O–H groups in total. The minimum atomic E-state index is 0.0117. The number of nitrogens with one attached hydrogen (secondary N) is 1. The van der Waals surface area contributed by atoms with Crippen LogP contribution in [0.15, 0.2) is 72.8 Å². The number of hydrogen-bond donors (Lipinski definition) is 1.